The van der Waals surface area contributed by atoms with Crippen LogP contribution in [0.4, 0.5) is 4.79 Å². The van der Waals surface area contributed by atoms with E-state index in [0.29, 0.717) is 25.9 Å². The fourth-order valence-corrected chi connectivity index (χ4v) is 3.06. The first-order valence-electron chi connectivity index (χ1n) is 7.07. The maximum atomic E-state index is 11.0. The van der Waals surface area contributed by atoms with Gasteiger partial charge in [0.2, 0.25) is 0 Å². The lowest BCUT2D eigenvalue weighted by molar-refractivity contribution is -0.210. The Hall–Kier alpha value is -0.810. The Kier molecular flexibility index (Phi) is 3.80. The Bertz CT molecular complexity index is 336. The van der Waals surface area contributed by atoms with Gasteiger partial charge in [-0.2, -0.15) is 0 Å². The van der Waals surface area contributed by atoms with Crippen LogP contribution in [0.15, 0.2) is 0 Å². The average molecular weight is 271 g/mol. The van der Waals surface area contributed by atoms with Crippen LogP contribution in [0.1, 0.15) is 46.5 Å². The summed E-state index contributed by atoms with van der Waals surface area (Å²) in [6.45, 7) is 7.51. The van der Waals surface area contributed by atoms with Crippen molar-refractivity contribution in [1.29, 1.82) is 0 Å². The zero-order valence-corrected chi connectivity index (χ0v) is 12.1. The molecule has 0 radical (unpaired) electrons. The van der Waals surface area contributed by atoms with Gasteiger partial charge in [0.1, 0.15) is 0 Å². The first-order chi connectivity index (χ1) is 8.73. The predicted octanol–water partition coefficient (Wildman–Crippen LogP) is 2.08. The highest BCUT2D eigenvalue weighted by Gasteiger charge is 2.48. The van der Waals surface area contributed by atoms with E-state index in [4.69, 9.17) is 9.84 Å². The normalized spacial score (nSPS) is 30.8. The molecule has 0 aromatic carbocycles. The van der Waals surface area contributed by atoms with Crippen LogP contribution in [0.3, 0.4) is 0 Å². The number of hydrogen-bond donors (Lipinski definition) is 2. The van der Waals surface area contributed by atoms with E-state index in [9.17, 15) is 9.90 Å². The number of hydrogen-bond acceptors (Lipinski definition) is 3. The summed E-state index contributed by atoms with van der Waals surface area (Å²) in [5, 5.41) is 18.4. The molecule has 1 aliphatic heterocycles. The SMILES string of the molecule is CC(C)(C)C1(OC2CC(O)C2)CCN(C(=O)O)CC1. The monoisotopic (exact) mass is 271 g/mol. The molecule has 0 atom stereocenters. The summed E-state index contributed by atoms with van der Waals surface area (Å²) in [4.78, 5) is 12.5. The van der Waals surface area contributed by atoms with Crippen LogP contribution in [-0.2, 0) is 4.74 Å². The highest BCUT2D eigenvalue weighted by Crippen LogP contribution is 2.45. The molecular formula is C14H25NO4. The van der Waals surface area contributed by atoms with E-state index in [1.165, 1.54) is 4.90 Å². The molecule has 1 saturated heterocycles. The highest BCUT2D eigenvalue weighted by molar-refractivity contribution is 5.65. The number of piperidine rings is 1. The third-order valence-corrected chi connectivity index (χ3v) is 4.67. The molecule has 0 bridgehead atoms. The molecule has 2 rings (SSSR count). The van der Waals surface area contributed by atoms with Gasteiger partial charge in [0, 0.05) is 13.1 Å². The molecule has 1 saturated carbocycles. The van der Waals surface area contributed by atoms with Gasteiger partial charge in [-0.1, -0.05) is 20.8 Å². The number of amides is 1. The summed E-state index contributed by atoms with van der Waals surface area (Å²) in [6.07, 6.45) is 1.94. The first-order valence-corrected chi connectivity index (χ1v) is 7.07. The zero-order valence-electron chi connectivity index (χ0n) is 12.1. The Morgan fingerprint density at radius 2 is 1.79 bits per heavy atom. The van der Waals surface area contributed by atoms with E-state index in [0.717, 1.165) is 12.8 Å². The Morgan fingerprint density at radius 3 is 2.16 bits per heavy atom. The Morgan fingerprint density at radius 1 is 1.26 bits per heavy atom. The number of nitrogens with zero attached hydrogens (tertiary/aromatic N) is 1. The molecule has 0 spiro atoms. The average Bonchev–Trinajstić information content (AvgIpc) is 2.26. The van der Waals surface area contributed by atoms with E-state index >= 15 is 0 Å². The third-order valence-electron chi connectivity index (χ3n) is 4.67. The van der Waals surface area contributed by atoms with Gasteiger partial charge < -0.3 is 19.8 Å². The van der Waals surface area contributed by atoms with E-state index in [1.807, 2.05) is 0 Å². The fourth-order valence-electron chi connectivity index (χ4n) is 3.06. The van der Waals surface area contributed by atoms with Gasteiger partial charge in [0.05, 0.1) is 17.8 Å². The molecule has 2 aliphatic rings. The highest BCUT2D eigenvalue weighted by atomic mass is 16.5. The molecular weight excluding hydrogens is 246 g/mol. The van der Waals surface area contributed by atoms with Crippen molar-refractivity contribution in [2.24, 2.45) is 5.41 Å². The van der Waals surface area contributed by atoms with Crippen molar-refractivity contribution in [3.8, 4) is 0 Å². The van der Waals surface area contributed by atoms with Crippen LogP contribution in [0, 0.1) is 5.41 Å². The van der Waals surface area contributed by atoms with Crippen molar-refractivity contribution in [2.75, 3.05) is 13.1 Å². The first kappa shape index (κ1) is 14.6. The molecule has 1 heterocycles. The van der Waals surface area contributed by atoms with Crippen molar-refractivity contribution in [3.05, 3.63) is 0 Å². The standard InChI is InChI=1S/C14H25NO4/c1-13(2,3)14(19-11-8-10(16)9-11)4-6-15(7-5-14)12(17)18/h10-11,16H,4-9H2,1-3H3,(H,17,18). The molecule has 0 unspecified atom stereocenters. The molecule has 5 heteroatoms. The van der Waals surface area contributed by atoms with Crippen molar-refractivity contribution >= 4 is 6.09 Å². The molecule has 110 valence electrons. The number of rotatable bonds is 2. The second-order valence-electron chi connectivity index (χ2n) is 6.88. The third kappa shape index (κ3) is 2.87. The molecule has 19 heavy (non-hydrogen) atoms. The number of carboxylic acid groups (broad SMARTS) is 1. The number of ether oxygens (including phenoxy) is 1. The number of aliphatic hydroxyl groups excluding tert-OH is 1. The maximum absolute atomic E-state index is 11.0. The number of likely N-dealkylation sites (tertiary alicyclic amines) is 1. The fraction of sp³-hybridized carbons (Fsp3) is 0.929. The molecule has 5 nitrogen and oxygen atoms in total. The molecule has 0 aromatic heterocycles. The van der Waals surface area contributed by atoms with Crippen LogP contribution in [-0.4, -0.2) is 52.1 Å². The summed E-state index contributed by atoms with van der Waals surface area (Å²) < 4.78 is 6.30. The van der Waals surface area contributed by atoms with Crippen LogP contribution in [0.25, 0.3) is 0 Å². The summed E-state index contributed by atoms with van der Waals surface area (Å²) >= 11 is 0. The van der Waals surface area contributed by atoms with Crippen molar-refractivity contribution in [2.45, 2.75) is 64.3 Å². The topological polar surface area (TPSA) is 70.0 Å². The molecule has 1 amide bonds. The molecule has 0 aromatic rings. The molecule has 1 aliphatic carbocycles. The van der Waals surface area contributed by atoms with Gasteiger partial charge in [0.25, 0.3) is 0 Å². The van der Waals surface area contributed by atoms with Crippen LogP contribution < -0.4 is 0 Å². The lowest BCUT2D eigenvalue weighted by Gasteiger charge is -2.52. The van der Waals surface area contributed by atoms with E-state index in [-0.39, 0.29) is 23.2 Å². The summed E-state index contributed by atoms with van der Waals surface area (Å²) in [5.41, 5.74) is -0.304. The van der Waals surface area contributed by atoms with Crippen LogP contribution >= 0.6 is 0 Å². The molecule has 2 N–H and O–H groups in total. The van der Waals surface area contributed by atoms with E-state index < -0.39 is 6.09 Å². The van der Waals surface area contributed by atoms with Crippen LogP contribution in [0.5, 0.6) is 0 Å². The number of aliphatic hydroxyl groups is 1. The van der Waals surface area contributed by atoms with Crippen molar-refractivity contribution in [3.63, 3.8) is 0 Å². The Labute approximate surface area is 114 Å². The van der Waals surface area contributed by atoms with Gasteiger partial charge in [-0.25, -0.2) is 4.79 Å². The Balaban J connectivity index is 2.03. The van der Waals surface area contributed by atoms with Gasteiger partial charge >= 0.3 is 6.09 Å². The van der Waals surface area contributed by atoms with Gasteiger partial charge in [-0.15, -0.1) is 0 Å². The minimum atomic E-state index is -0.846. The summed E-state index contributed by atoms with van der Waals surface area (Å²) in [5.74, 6) is 0. The second kappa shape index (κ2) is 4.94. The van der Waals surface area contributed by atoms with E-state index in [1.54, 1.807) is 0 Å². The minimum absolute atomic E-state index is 0.0296. The van der Waals surface area contributed by atoms with Gasteiger partial charge in [0.15, 0.2) is 0 Å². The number of carbonyl (C=O) groups is 1. The van der Waals surface area contributed by atoms with Crippen molar-refractivity contribution < 1.29 is 19.7 Å². The predicted molar refractivity (Wildman–Crippen MR) is 71.1 cm³/mol. The van der Waals surface area contributed by atoms with Gasteiger partial charge in [-0.05, 0) is 31.1 Å². The van der Waals surface area contributed by atoms with E-state index in [2.05, 4.69) is 20.8 Å². The lowest BCUT2D eigenvalue weighted by Crippen LogP contribution is -2.57. The largest absolute Gasteiger partial charge is 0.465 e. The quantitative estimate of drug-likeness (QED) is 0.806. The lowest BCUT2D eigenvalue weighted by atomic mass is 9.70. The minimum Gasteiger partial charge on any atom is -0.465 e. The van der Waals surface area contributed by atoms with Gasteiger partial charge in [-0.3, -0.25) is 0 Å². The summed E-state index contributed by atoms with van der Waals surface area (Å²) in [6, 6.07) is 0. The second-order valence-corrected chi connectivity index (χ2v) is 6.88. The smallest absolute Gasteiger partial charge is 0.407 e. The maximum Gasteiger partial charge on any atom is 0.407 e. The molecule has 2 fully saturated rings. The summed E-state index contributed by atoms with van der Waals surface area (Å²) in [7, 11) is 0. The van der Waals surface area contributed by atoms with Crippen molar-refractivity contribution in [1.82, 2.24) is 4.90 Å². The zero-order chi connectivity index (χ0) is 14.3. The van der Waals surface area contributed by atoms with Crippen LogP contribution in [0.2, 0.25) is 0 Å².